The Labute approximate surface area is 145 Å². The molecule has 0 aliphatic carbocycles. The molecule has 25 heavy (non-hydrogen) atoms. The minimum absolute atomic E-state index is 0.111. The zero-order valence-corrected chi connectivity index (χ0v) is 14.3. The van der Waals surface area contributed by atoms with Crippen molar-refractivity contribution in [2.75, 3.05) is 38.2 Å². The van der Waals surface area contributed by atoms with Gasteiger partial charge in [0.1, 0.15) is 17.6 Å². The molecule has 1 aromatic carbocycles. The molecule has 3 amide bonds. The van der Waals surface area contributed by atoms with Gasteiger partial charge in [-0.25, -0.2) is 9.78 Å². The molecule has 3 heterocycles. The summed E-state index contributed by atoms with van der Waals surface area (Å²) < 4.78 is 5.27. The van der Waals surface area contributed by atoms with E-state index in [0.717, 1.165) is 22.5 Å². The van der Waals surface area contributed by atoms with Crippen molar-refractivity contribution in [1.29, 1.82) is 0 Å². The van der Waals surface area contributed by atoms with Gasteiger partial charge in [-0.05, 0) is 31.2 Å². The number of carbonyl (C=O) groups excluding carboxylic acids is 2. The van der Waals surface area contributed by atoms with E-state index >= 15 is 0 Å². The van der Waals surface area contributed by atoms with Crippen molar-refractivity contribution in [3.8, 4) is 5.75 Å². The number of imide groups is 1. The van der Waals surface area contributed by atoms with Crippen LogP contribution in [0.5, 0.6) is 5.75 Å². The average Bonchev–Trinajstić information content (AvgIpc) is 2.90. The van der Waals surface area contributed by atoms with E-state index in [-0.39, 0.29) is 11.9 Å². The topological polar surface area (TPSA) is 66.0 Å². The van der Waals surface area contributed by atoms with Crippen LogP contribution >= 0.6 is 0 Å². The van der Waals surface area contributed by atoms with Crippen LogP contribution in [-0.2, 0) is 4.79 Å². The molecule has 4 rings (SSSR count). The molecule has 1 atom stereocenters. The van der Waals surface area contributed by atoms with Gasteiger partial charge >= 0.3 is 6.03 Å². The van der Waals surface area contributed by atoms with Gasteiger partial charge in [0.25, 0.3) is 5.91 Å². The summed E-state index contributed by atoms with van der Waals surface area (Å²) in [6.07, 6.45) is 0. The molecule has 0 spiro atoms. The number of hydrogen-bond donors (Lipinski definition) is 0. The number of urea groups is 1. The molecule has 0 N–H and O–H groups in total. The summed E-state index contributed by atoms with van der Waals surface area (Å²) in [5.74, 6) is 1.47. The molecule has 2 aliphatic heterocycles. The predicted molar refractivity (Wildman–Crippen MR) is 93.8 cm³/mol. The van der Waals surface area contributed by atoms with E-state index in [1.54, 1.807) is 12.0 Å². The lowest BCUT2D eigenvalue weighted by Crippen LogP contribution is -2.53. The number of rotatable bonds is 3. The summed E-state index contributed by atoms with van der Waals surface area (Å²) in [4.78, 5) is 34.5. The van der Waals surface area contributed by atoms with Crippen LogP contribution in [0.4, 0.5) is 10.6 Å². The number of ether oxygens (including phenoxy) is 1. The number of methoxy groups -OCH3 is 1. The summed E-state index contributed by atoms with van der Waals surface area (Å²) in [5, 5.41) is 1.03. The highest BCUT2D eigenvalue weighted by Crippen LogP contribution is 2.27. The zero-order valence-electron chi connectivity index (χ0n) is 14.3. The van der Waals surface area contributed by atoms with Crippen LogP contribution in [0.1, 0.15) is 6.92 Å². The fraction of sp³-hybridized carbons (Fsp3) is 0.389. The molecule has 2 aromatic rings. The second kappa shape index (κ2) is 5.91. The number of carbonyl (C=O) groups is 2. The van der Waals surface area contributed by atoms with Crippen molar-refractivity contribution < 1.29 is 14.3 Å². The fourth-order valence-corrected chi connectivity index (χ4v) is 3.54. The first-order chi connectivity index (χ1) is 12.1. The van der Waals surface area contributed by atoms with Crippen LogP contribution in [0.15, 0.2) is 30.3 Å². The summed E-state index contributed by atoms with van der Waals surface area (Å²) in [5.41, 5.74) is 0.850. The van der Waals surface area contributed by atoms with E-state index in [1.165, 1.54) is 4.90 Å². The zero-order chi connectivity index (χ0) is 17.6. The van der Waals surface area contributed by atoms with Gasteiger partial charge in [0.15, 0.2) is 0 Å². The molecule has 2 fully saturated rings. The lowest BCUT2D eigenvalue weighted by molar-refractivity contribution is -0.128. The maximum Gasteiger partial charge on any atom is 0.327 e. The number of piperazine rings is 1. The number of fused-ring (bicyclic) bond motifs is 2. The van der Waals surface area contributed by atoms with E-state index in [1.807, 2.05) is 37.3 Å². The van der Waals surface area contributed by atoms with Gasteiger partial charge in [-0.2, -0.15) is 0 Å². The van der Waals surface area contributed by atoms with Gasteiger partial charge in [-0.15, -0.1) is 0 Å². The largest absolute Gasteiger partial charge is 0.497 e. The first-order valence-electron chi connectivity index (χ1n) is 8.44. The van der Waals surface area contributed by atoms with Crippen molar-refractivity contribution in [1.82, 2.24) is 14.8 Å². The number of benzene rings is 1. The Bertz CT molecular complexity index is 853. The SMILES string of the molecule is CCN1C(=O)C2CN(c3ccc4ccc(OC)cc4n3)CCN2C1=O. The second-order valence-electron chi connectivity index (χ2n) is 6.25. The third kappa shape index (κ3) is 2.47. The third-order valence-electron chi connectivity index (χ3n) is 4.93. The molecule has 1 unspecified atom stereocenters. The van der Waals surface area contributed by atoms with E-state index in [9.17, 15) is 9.59 Å². The number of amides is 3. The smallest absolute Gasteiger partial charge is 0.327 e. The molecule has 7 heteroatoms. The van der Waals surface area contributed by atoms with Crippen LogP contribution in [0.2, 0.25) is 0 Å². The lowest BCUT2D eigenvalue weighted by Gasteiger charge is -2.36. The minimum Gasteiger partial charge on any atom is -0.497 e. The lowest BCUT2D eigenvalue weighted by atomic mass is 10.1. The van der Waals surface area contributed by atoms with Crippen molar-refractivity contribution in [3.05, 3.63) is 30.3 Å². The first kappa shape index (κ1) is 15.7. The van der Waals surface area contributed by atoms with E-state index in [4.69, 9.17) is 9.72 Å². The molecule has 0 saturated carbocycles. The Morgan fingerprint density at radius 3 is 2.76 bits per heavy atom. The summed E-state index contributed by atoms with van der Waals surface area (Å²) in [6, 6.07) is 9.17. The molecular formula is C18H20N4O3. The summed E-state index contributed by atoms with van der Waals surface area (Å²) >= 11 is 0. The van der Waals surface area contributed by atoms with Crippen LogP contribution in [0.25, 0.3) is 10.9 Å². The number of anilines is 1. The third-order valence-corrected chi connectivity index (χ3v) is 4.93. The highest BCUT2D eigenvalue weighted by Gasteiger charge is 2.47. The van der Waals surface area contributed by atoms with Crippen LogP contribution in [0.3, 0.4) is 0 Å². The van der Waals surface area contributed by atoms with Gasteiger partial charge in [0.2, 0.25) is 0 Å². The molecule has 2 saturated heterocycles. The number of nitrogens with zero attached hydrogens (tertiary/aromatic N) is 4. The normalized spacial score (nSPS) is 20.4. The molecule has 2 aliphatic rings. The van der Waals surface area contributed by atoms with Crippen molar-refractivity contribution in [3.63, 3.8) is 0 Å². The number of hydrogen-bond acceptors (Lipinski definition) is 5. The Morgan fingerprint density at radius 2 is 2.00 bits per heavy atom. The first-order valence-corrected chi connectivity index (χ1v) is 8.44. The molecule has 130 valence electrons. The van der Waals surface area contributed by atoms with Crippen molar-refractivity contribution in [2.24, 2.45) is 0 Å². The molecule has 7 nitrogen and oxygen atoms in total. The molecule has 1 aromatic heterocycles. The molecule has 0 radical (unpaired) electrons. The highest BCUT2D eigenvalue weighted by molar-refractivity contribution is 6.04. The van der Waals surface area contributed by atoms with Crippen LogP contribution in [-0.4, -0.2) is 66.1 Å². The second-order valence-corrected chi connectivity index (χ2v) is 6.25. The standard InChI is InChI=1S/C18H20N4O3/c1-3-21-17(23)15-11-20(8-9-22(15)18(21)24)16-7-5-12-4-6-13(25-2)10-14(12)19-16/h4-7,10,15H,3,8-9,11H2,1-2H3. The monoisotopic (exact) mass is 340 g/mol. The Balaban J connectivity index is 1.62. The fourth-order valence-electron chi connectivity index (χ4n) is 3.54. The highest BCUT2D eigenvalue weighted by atomic mass is 16.5. The predicted octanol–water partition coefficient (Wildman–Crippen LogP) is 1.72. The van der Waals surface area contributed by atoms with Gasteiger partial charge in [0.05, 0.1) is 12.6 Å². The maximum atomic E-state index is 12.5. The maximum absolute atomic E-state index is 12.5. The average molecular weight is 340 g/mol. The Kier molecular flexibility index (Phi) is 3.71. The quantitative estimate of drug-likeness (QED) is 0.796. The van der Waals surface area contributed by atoms with E-state index in [0.29, 0.717) is 26.2 Å². The number of aromatic nitrogens is 1. The van der Waals surface area contributed by atoms with Crippen molar-refractivity contribution >= 4 is 28.7 Å². The minimum atomic E-state index is -0.413. The summed E-state index contributed by atoms with van der Waals surface area (Å²) in [7, 11) is 1.63. The van der Waals surface area contributed by atoms with Crippen LogP contribution < -0.4 is 9.64 Å². The van der Waals surface area contributed by atoms with Crippen LogP contribution in [0, 0.1) is 0 Å². The Morgan fingerprint density at radius 1 is 1.20 bits per heavy atom. The molecular weight excluding hydrogens is 320 g/mol. The van der Waals surface area contributed by atoms with Crippen molar-refractivity contribution in [2.45, 2.75) is 13.0 Å². The van der Waals surface area contributed by atoms with E-state index in [2.05, 4.69) is 4.90 Å². The van der Waals surface area contributed by atoms with E-state index < -0.39 is 6.04 Å². The van der Waals surface area contributed by atoms with Gasteiger partial charge in [-0.3, -0.25) is 9.69 Å². The number of likely N-dealkylation sites (N-methyl/N-ethyl adjacent to an activating group) is 1. The van der Waals surface area contributed by atoms with Gasteiger partial charge < -0.3 is 14.5 Å². The number of pyridine rings is 1. The van der Waals surface area contributed by atoms with Gasteiger partial charge in [0, 0.05) is 37.6 Å². The molecule has 0 bridgehead atoms. The van der Waals surface area contributed by atoms with Gasteiger partial charge in [-0.1, -0.05) is 0 Å². The summed E-state index contributed by atoms with van der Waals surface area (Å²) in [6.45, 7) is 3.91. The Hall–Kier alpha value is -2.83.